The zero-order valence-electron chi connectivity index (χ0n) is 10.4. The van der Waals surface area contributed by atoms with Gasteiger partial charge < -0.3 is 9.88 Å². The summed E-state index contributed by atoms with van der Waals surface area (Å²) in [5.74, 6) is 0.963. The van der Waals surface area contributed by atoms with E-state index in [4.69, 9.17) is 0 Å². The topological polar surface area (TPSA) is 47.7 Å². The van der Waals surface area contributed by atoms with Gasteiger partial charge in [0.1, 0.15) is 0 Å². The molecule has 2 aromatic rings. The van der Waals surface area contributed by atoms with Crippen LogP contribution < -0.4 is 5.32 Å². The molecule has 0 atom stereocenters. The second-order valence-electron chi connectivity index (χ2n) is 4.05. The fraction of sp³-hybridized carbons (Fsp3) is 0.500. The van der Waals surface area contributed by atoms with Gasteiger partial charge in [-0.2, -0.15) is 5.10 Å². The minimum Gasteiger partial charge on any atom is -0.356 e. The molecule has 5 nitrogen and oxygen atoms in total. The van der Waals surface area contributed by atoms with Crippen molar-refractivity contribution in [3.05, 3.63) is 30.4 Å². The van der Waals surface area contributed by atoms with Gasteiger partial charge in [-0.25, -0.2) is 4.98 Å². The van der Waals surface area contributed by atoms with E-state index in [1.165, 1.54) is 0 Å². The summed E-state index contributed by atoms with van der Waals surface area (Å²) in [4.78, 5) is 4.45. The predicted molar refractivity (Wildman–Crippen MR) is 68.0 cm³/mol. The lowest BCUT2D eigenvalue weighted by Gasteiger charge is -2.08. The first-order chi connectivity index (χ1) is 8.29. The van der Waals surface area contributed by atoms with Crippen LogP contribution in [0.3, 0.4) is 0 Å². The largest absolute Gasteiger partial charge is 0.356 e. The van der Waals surface area contributed by atoms with Crippen LogP contribution in [-0.4, -0.2) is 25.9 Å². The van der Waals surface area contributed by atoms with Crippen LogP contribution in [0.4, 0.5) is 5.95 Å². The van der Waals surface area contributed by atoms with E-state index in [0.717, 1.165) is 37.7 Å². The molecule has 0 aromatic carbocycles. The van der Waals surface area contributed by atoms with Crippen molar-refractivity contribution in [1.82, 2.24) is 19.3 Å². The molecule has 0 amide bonds. The summed E-state index contributed by atoms with van der Waals surface area (Å²) < 4.78 is 4.12. The highest BCUT2D eigenvalue weighted by atomic mass is 15.3. The first kappa shape index (κ1) is 11.7. The summed E-state index contributed by atoms with van der Waals surface area (Å²) in [6.45, 7) is 6.90. The Morgan fingerprint density at radius 2 is 2.24 bits per heavy atom. The van der Waals surface area contributed by atoms with Crippen molar-refractivity contribution in [2.75, 3.05) is 11.9 Å². The zero-order valence-corrected chi connectivity index (χ0v) is 10.4. The van der Waals surface area contributed by atoms with Crippen molar-refractivity contribution in [2.45, 2.75) is 33.4 Å². The second kappa shape index (κ2) is 5.52. The van der Waals surface area contributed by atoms with Crippen LogP contribution >= 0.6 is 0 Å². The fourth-order valence-corrected chi connectivity index (χ4v) is 1.85. The van der Waals surface area contributed by atoms with Crippen LogP contribution in [0, 0.1) is 6.92 Å². The average Bonchev–Trinajstić information content (AvgIpc) is 2.90. The zero-order chi connectivity index (χ0) is 12.1. The van der Waals surface area contributed by atoms with Crippen LogP contribution in [0.1, 0.15) is 19.0 Å². The van der Waals surface area contributed by atoms with Crippen molar-refractivity contribution in [3.63, 3.8) is 0 Å². The Kier molecular flexibility index (Phi) is 3.80. The average molecular weight is 233 g/mol. The Labute approximate surface area is 101 Å². The lowest BCUT2D eigenvalue weighted by molar-refractivity contribution is 0.528. The lowest BCUT2D eigenvalue weighted by Crippen LogP contribution is -2.08. The summed E-state index contributed by atoms with van der Waals surface area (Å²) in [6.07, 6.45) is 6.94. The Hall–Kier alpha value is -1.78. The number of nitrogens with one attached hydrogen (secondary N) is 1. The number of anilines is 1. The van der Waals surface area contributed by atoms with Crippen LogP contribution in [0.25, 0.3) is 0 Å². The first-order valence-electron chi connectivity index (χ1n) is 6.04. The Morgan fingerprint density at radius 1 is 1.35 bits per heavy atom. The number of hydrogen-bond donors (Lipinski definition) is 1. The number of aryl methyl sites for hydroxylation is 3. The molecule has 2 heterocycles. The molecule has 0 aliphatic rings. The van der Waals surface area contributed by atoms with E-state index in [1.54, 1.807) is 0 Å². The molecule has 0 bridgehead atoms. The third kappa shape index (κ3) is 3.09. The van der Waals surface area contributed by atoms with Gasteiger partial charge in [0, 0.05) is 38.2 Å². The summed E-state index contributed by atoms with van der Waals surface area (Å²) >= 11 is 0. The molecule has 2 rings (SSSR count). The molecular weight excluding hydrogens is 214 g/mol. The summed E-state index contributed by atoms with van der Waals surface area (Å²) in [7, 11) is 0. The fourth-order valence-electron chi connectivity index (χ4n) is 1.85. The third-order valence-corrected chi connectivity index (χ3v) is 2.58. The van der Waals surface area contributed by atoms with E-state index in [2.05, 4.69) is 33.1 Å². The molecule has 0 fully saturated rings. The quantitative estimate of drug-likeness (QED) is 0.829. The van der Waals surface area contributed by atoms with Crippen molar-refractivity contribution >= 4 is 5.95 Å². The summed E-state index contributed by atoms with van der Waals surface area (Å²) in [6, 6.07) is 1.95. The Morgan fingerprint density at radius 3 is 2.94 bits per heavy atom. The maximum Gasteiger partial charge on any atom is 0.203 e. The highest BCUT2D eigenvalue weighted by Crippen LogP contribution is 2.09. The van der Waals surface area contributed by atoms with Crippen LogP contribution in [0.15, 0.2) is 24.7 Å². The molecule has 0 aliphatic heterocycles. The van der Waals surface area contributed by atoms with Crippen LogP contribution in [0.2, 0.25) is 0 Å². The lowest BCUT2D eigenvalue weighted by atomic mass is 10.4. The molecule has 0 spiro atoms. The van der Waals surface area contributed by atoms with E-state index >= 15 is 0 Å². The minimum absolute atomic E-state index is 0.898. The van der Waals surface area contributed by atoms with E-state index < -0.39 is 0 Å². The van der Waals surface area contributed by atoms with Gasteiger partial charge in [-0.1, -0.05) is 0 Å². The standard InChI is InChI=1S/C12H19N5/c1-3-13-12-15-11(2)10-16(12)7-5-9-17-8-4-6-14-17/h4,6,8,10H,3,5,7,9H2,1-2H3,(H,13,15). The molecule has 0 aliphatic carbocycles. The highest BCUT2D eigenvalue weighted by Gasteiger charge is 2.03. The number of aromatic nitrogens is 4. The SMILES string of the molecule is CCNc1nc(C)cn1CCCn1cccn1. The van der Waals surface area contributed by atoms with Gasteiger partial charge in [0.2, 0.25) is 5.95 Å². The predicted octanol–water partition coefficient (Wildman–Crippen LogP) is 1.91. The van der Waals surface area contributed by atoms with Gasteiger partial charge in [0.15, 0.2) is 0 Å². The summed E-state index contributed by atoms with van der Waals surface area (Å²) in [5, 5.41) is 7.46. The number of imidazole rings is 1. The van der Waals surface area contributed by atoms with E-state index in [1.807, 2.05) is 30.1 Å². The number of nitrogens with zero attached hydrogens (tertiary/aromatic N) is 4. The van der Waals surface area contributed by atoms with Crippen molar-refractivity contribution in [3.8, 4) is 0 Å². The van der Waals surface area contributed by atoms with E-state index in [9.17, 15) is 0 Å². The van der Waals surface area contributed by atoms with Gasteiger partial charge >= 0.3 is 0 Å². The molecule has 2 aromatic heterocycles. The minimum atomic E-state index is 0.898. The molecule has 5 heteroatoms. The second-order valence-corrected chi connectivity index (χ2v) is 4.05. The molecule has 1 N–H and O–H groups in total. The van der Waals surface area contributed by atoms with Crippen LogP contribution in [0.5, 0.6) is 0 Å². The highest BCUT2D eigenvalue weighted by molar-refractivity contribution is 5.28. The number of hydrogen-bond acceptors (Lipinski definition) is 3. The van der Waals surface area contributed by atoms with Crippen molar-refractivity contribution < 1.29 is 0 Å². The molecule has 0 unspecified atom stereocenters. The molecule has 0 saturated heterocycles. The van der Waals surface area contributed by atoms with Gasteiger partial charge in [-0.15, -0.1) is 0 Å². The van der Waals surface area contributed by atoms with E-state index in [0.29, 0.717) is 0 Å². The van der Waals surface area contributed by atoms with Gasteiger partial charge in [0.05, 0.1) is 5.69 Å². The molecule has 17 heavy (non-hydrogen) atoms. The molecule has 92 valence electrons. The number of rotatable bonds is 6. The van der Waals surface area contributed by atoms with E-state index in [-0.39, 0.29) is 0 Å². The van der Waals surface area contributed by atoms with Crippen LogP contribution in [-0.2, 0) is 13.1 Å². The normalized spacial score (nSPS) is 10.7. The Bertz CT molecular complexity index is 443. The van der Waals surface area contributed by atoms with Gasteiger partial charge in [-0.05, 0) is 26.3 Å². The molecule has 0 saturated carbocycles. The molecule has 0 radical (unpaired) electrons. The third-order valence-electron chi connectivity index (χ3n) is 2.58. The smallest absolute Gasteiger partial charge is 0.203 e. The summed E-state index contributed by atoms with van der Waals surface area (Å²) in [5.41, 5.74) is 1.06. The van der Waals surface area contributed by atoms with Crippen molar-refractivity contribution in [1.29, 1.82) is 0 Å². The first-order valence-corrected chi connectivity index (χ1v) is 6.04. The van der Waals surface area contributed by atoms with Gasteiger partial charge in [-0.3, -0.25) is 4.68 Å². The Balaban J connectivity index is 1.89. The van der Waals surface area contributed by atoms with Crippen molar-refractivity contribution in [2.24, 2.45) is 0 Å². The van der Waals surface area contributed by atoms with Gasteiger partial charge in [0.25, 0.3) is 0 Å². The monoisotopic (exact) mass is 233 g/mol. The molecular formula is C12H19N5. The maximum atomic E-state index is 4.45. The maximum absolute atomic E-state index is 4.45.